The average molecular weight is 507 g/mol. The van der Waals surface area contributed by atoms with Crippen LogP contribution in [0.2, 0.25) is 0 Å². The van der Waals surface area contributed by atoms with Crippen molar-refractivity contribution >= 4 is 16.9 Å². The maximum Gasteiger partial charge on any atom is 0.290 e. The summed E-state index contributed by atoms with van der Waals surface area (Å²) in [4.78, 5) is 31.5. The second-order valence-corrected chi connectivity index (χ2v) is 9.37. The average Bonchev–Trinajstić information content (AvgIpc) is 3.20. The van der Waals surface area contributed by atoms with Crippen molar-refractivity contribution in [3.8, 4) is 11.5 Å². The van der Waals surface area contributed by atoms with E-state index in [1.165, 1.54) is 0 Å². The fourth-order valence-electron chi connectivity index (χ4n) is 5.03. The molecule has 196 valence electrons. The lowest BCUT2D eigenvalue weighted by Crippen LogP contribution is -2.42. The van der Waals surface area contributed by atoms with Gasteiger partial charge >= 0.3 is 0 Å². The van der Waals surface area contributed by atoms with Crippen molar-refractivity contribution in [2.45, 2.75) is 32.7 Å². The van der Waals surface area contributed by atoms with Gasteiger partial charge in [-0.3, -0.25) is 14.5 Å². The van der Waals surface area contributed by atoms with Gasteiger partial charge in [-0.15, -0.1) is 0 Å². The number of amides is 1. The molecule has 5 rings (SSSR count). The Morgan fingerprint density at radius 3 is 2.57 bits per heavy atom. The molecule has 8 heteroatoms. The molecule has 1 atom stereocenters. The number of para-hydroxylation sites is 1. The summed E-state index contributed by atoms with van der Waals surface area (Å²) in [5.41, 5.74) is 1.42. The Hall–Kier alpha value is -3.36. The first-order chi connectivity index (χ1) is 18.1. The molecule has 1 saturated heterocycles. The van der Waals surface area contributed by atoms with Gasteiger partial charge in [0, 0.05) is 26.2 Å². The zero-order chi connectivity index (χ0) is 25.8. The van der Waals surface area contributed by atoms with E-state index in [2.05, 4.69) is 11.8 Å². The van der Waals surface area contributed by atoms with Crippen LogP contribution >= 0.6 is 0 Å². The van der Waals surface area contributed by atoms with E-state index in [0.717, 1.165) is 31.5 Å². The van der Waals surface area contributed by atoms with Crippen LogP contribution in [-0.4, -0.2) is 68.3 Å². The largest absolute Gasteiger partial charge is 0.490 e. The van der Waals surface area contributed by atoms with E-state index in [9.17, 15) is 9.59 Å². The highest BCUT2D eigenvalue weighted by atomic mass is 16.5. The lowest BCUT2D eigenvalue weighted by molar-refractivity contribution is 0.0314. The Bertz CT molecular complexity index is 1310. The molecule has 0 saturated carbocycles. The van der Waals surface area contributed by atoms with Crippen molar-refractivity contribution in [1.29, 1.82) is 0 Å². The van der Waals surface area contributed by atoms with Gasteiger partial charge < -0.3 is 23.5 Å². The molecule has 37 heavy (non-hydrogen) atoms. The van der Waals surface area contributed by atoms with E-state index >= 15 is 0 Å². The first-order valence-corrected chi connectivity index (χ1v) is 13.2. The number of carbonyl (C=O) groups is 1. The molecule has 3 heterocycles. The van der Waals surface area contributed by atoms with Crippen molar-refractivity contribution in [1.82, 2.24) is 9.80 Å². The summed E-state index contributed by atoms with van der Waals surface area (Å²) in [6, 6.07) is 12.2. The number of hydrogen-bond donors (Lipinski definition) is 0. The zero-order valence-electron chi connectivity index (χ0n) is 21.5. The molecule has 1 amide bonds. The van der Waals surface area contributed by atoms with Crippen LogP contribution in [0.4, 0.5) is 0 Å². The number of hydrogen-bond acceptors (Lipinski definition) is 7. The summed E-state index contributed by atoms with van der Waals surface area (Å²) >= 11 is 0. The van der Waals surface area contributed by atoms with Gasteiger partial charge in [0.1, 0.15) is 5.58 Å². The van der Waals surface area contributed by atoms with Crippen LogP contribution in [0.1, 0.15) is 54.4 Å². The number of benzene rings is 2. The smallest absolute Gasteiger partial charge is 0.290 e. The summed E-state index contributed by atoms with van der Waals surface area (Å²) in [5, 5.41) is 0.471. The molecule has 0 spiro atoms. The van der Waals surface area contributed by atoms with E-state index in [4.69, 9.17) is 18.6 Å². The van der Waals surface area contributed by atoms with E-state index in [0.29, 0.717) is 67.5 Å². The number of morpholine rings is 1. The van der Waals surface area contributed by atoms with Gasteiger partial charge in [0.05, 0.1) is 43.4 Å². The van der Waals surface area contributed by atoms with Crippen LogP contribution in [0.5, 0.6) is 11.5 Å². The third-order valence-electron chi connectivity index (χ3n) is 6.97. The lowest BCUT2D eigenvalue weighted by Gasteiger charge is -2.31. The third-order valence-corrected chi connectivity index (χ3v) is 6.97. The third kappa shape index (κ3) is 5.08. The molecule has 3 aromatic rings. The number of ether oxygens (including phenoxy) is 3. The van der Waals surface area contributed by atoms with Crippen LogP contribution in [0.3, 0.4) is 0 Å². The minimum atomic E-state index is -0.576. The normalized spacial score (nSPS) is 17.8. The van der Waals surface area contributed by atoms with Crippen LogP contribution in [0, 0.1) is 0 Å². The molecule has 2 aliphatic heterocycles. The van der Waals surface area contributed by atoms with Gasteiger partial charge in [-0.25, -0.2) is 0 Å². The predicted octanol–water partition coefficient (Wildman–Crippen LogP) is 4.25. The Labute approximate surface area is 216 Å². The van der Waals surface area contributed by atoms with Crippen molar-refractivity contribution in [2.24, 2.45) is 0 Å². The highest BCUT2D eigenvalue weighted by Crippen LogP contribution is 2.41. The van der Waals surface area contributed by atoms with Crippen molar-refractivity contribution in [3.05, 3.63) is 69.6 Å². The van der Waals surface area contributed by atoms with Gasteiger partial charge in [0.2, 0.25) is 5.76 Å². The van der Waals surface area contributed by atoms with Gasteiger partial charge in [0.15, 0.2) is 16.9 Å². The Morgan fingerprint density at radius 1 is 0.973 bits per heavy atom. The Kier molecular flexibility index (Phi) is 7.76. The minimum absolute atomic E-state index is 0.122. The molecular weight excluding hydrogens is 472 g/mol. The molecule has 0 N–H and O–H groups in total. The fraction of sp³-hybridized carbons (Fsp3) is 0.448. The quantitative estimate of drug-likeness (QED) is 0.380. The van der Waals surface area contributed by atoms with Gasteiger partial charge in [-0.2, -0.15) is 0 Å². The van der Waals surface area contributed by atoms with Crippen LogP contribution in [0.25, 0.3) is 11.0 Å². The monoisotopic (exact) mass is 506 g/mol. The number of fused-ring (bicyclic) bond motifs is 2. The summed E-state index contributed by atoms with van der Waals surface area (Å²) < 4.78 is 23.4. The molecule has 1 unspecified atom stereocenters. The highest BCUT2D eigenvalue weighted by Gasteiger charge is 2.43. The highest BCUT2D eigenvalue weighted by molar-refractivity contribution is 5.99. The van der Waals surface area contributed by atoms with Crippen LogP contribution in [-0.2, 0) is 4.74 Å². The SMILES string of the molecule is CCCCOc1ccc(C2c3c(oc4ccccc4c3=O)C(=O)N2CCN2CCOCC2)cc1OCC. The first kappa shape index (κ1) is 25.3. The lowest BCUT2D eigenvalue weighted by atomic mass is 9.98. The number of carbonyl (C=O) groups excluding carboxylic acids is 1. The molecule has 1 fully saturated rings. The molecule has 1 aromatic heterocycles. The van der Waals surface area contributed by atoms with Gasteiger partial charge in [0.25, 0.3) is 5.91 Å². The van der Waals surface area contributed by atoms with E-state index in [1.54, 1.807) is 23.1 Å². The predicted molar refractivity (Wildman–Crippen MR) is 141 cm³/mol. The van der Waals surface area contributed by atoms with E-state index < -0.39 is 6.04 Å². The summed E-state index contributed by atoms with van der Waals surface area (Å²) in [5.74, 6) is 1.12. The molecule has 2 aliphatic rings. The summed E-state index contributed by atoms with van der Waals surface area (Å²) in [6.45, 7) is 9.26. The topological polar surface area (TPSA) is 81.5 Å². The second-order valence-electron chi connectivity index (χ2n) is 9.37. The first-order valence-electron chi connectivity index (χ1n) is 13.2. The molecule has 0 bridgehead atoms. The fourth-order valence-corrected chi connectivity index (χ4v) is 5.03. The van der Waals surface area contributed by atoms with Crippen molar-refractivity contribution in [2.75, 3.05) is 52.6 Å². The van der Waals surface area contributed by atoms with E-state index in [-0.39, 0.29) is 17.1 Å². The van der Waals surface area contributed by atoms with Crippen LogP contribution in [0.15, 0.2) is 51.7 Å². The maximum atomic E-state index is 13.7. The van der Waals surface area contributed by atoms with Crippen LogP contribution < -0.4 is 14.9 Å². The summed E-state index contributed by atoms with van der Waals surface area (Å²) in [6.07, 6.45) is 1.98. The molecule has 0 radical (unpaired) electrons. The molecular formula is C29H34N2O6. The van der Waals surface area contributed by atoms with Gasteiger partial charge in [-0.1, -0.05) is 31.5 Å². The molecule has 8 nitrogen and oxygen atoms in total. The zero-order valence-corrected chi connectivity index (χ0v) is 21.5. The molecule has 0 aliphatic carbocycles. The molecule has 2 aromatic carbocycles. The standard InChI is InChI=1S/C29H34N2O6/c1-3-5-16-36-23-11-10-20(19-24(23)35-4-2)26-25-27(32)21-8-6-7-9-22(21)37-28(25)29(33)31(26)13-12-30-14-17-34-18-15-30/h6-11,19,26H,3-5,12-18H2,1-2H3. The second kappa shape index (κ2) is 11.4. The van der Waals surface area contributed by atoms with Crippen molar-refractivity contribution in [3.63, 3.8) is 0 Å². The number of rotatable bonds is 10. The number of nitrogens with zero attached hydrogens (tertiary/aromatic N) is 2. The Morgan fingerprint density at radius 2 is 1.78 bits per heavy atom. The Balaban J connectivity index is 1.56. The van der Waals surface area contributed by atoms with E-state index in [1.807, 2.05) is 31.2 Å². The van der Waals surface area contributed by atoms with Crippen molar-refractivity contribution < 1.29 is 23.4 Å². The maximum absolute atomic E-state index is 13.7. The van der Waals surface area contributed by atoms with Gasteiger partial charge in [-0.05, 0) is 43.2 Å². The summed E-state index contributed by atoms with van der Waals surface area (Å²) in [7, 11) is 0. The number of unbranched alkanes of at least 4 members (excludes halogenated alkanes) is 1. The minimum Gasteiger partial charge on any atom is -0.490 e.